The number of carboxylic acids is 1. The van der Waals surface area contributed by atoms with E-state index in [-0.39, 0.29) is 23.4 Å². The highest BCUT2D eigenvalue weighted by atomic mass is 32.1. The number of pyridine rings is 1. The molecular weight excluding hydrogens is 460 g/mol. The molecule has 2 aromatic carbocycles. The van der Waals surface area contributed by atoms with E-state index in [4.69, 9.17) is 12.2 Å². The van der Waals surface area contributed by atoms with Crippen molar-refractivity contribution in [3.63, 3.8) is 0 Å². The highest BCUT2D eigenvalue weighted by molar-refractivity contribution is 7.80. The van der Waals surface area contributed by atoms with E-state index in [0.717, 1.165) is 22.6 Å². The normalized spacial score (nSPS) is 17.4. The van der Waals surface area contributed by atoms with Crippen molar-refractivity contribution in [3.05, 3.63) is 107 Å². The molecule has 0 spiro atoms. The van der Waals surface area contributed by atoms with Gasteiger partial charge in [-0.15, -0.1) is 0 Å². The van der Waals surface area contributed by atoms with Crippen molar-refractivity contribution in [2.75, 3.05) is 4.90 Å². The van der Waals surface area contributed by atoms with Crippen LogP contribution in [-0.2, 0) is 0 Å². The molecule has 2 unspecified atom stereocenters. The number of aryl methyl sites for hydroxylation is 1. The van der Waals surface area contributed by atoms with Crippen molar-refractivity contribution in [2.24, 2.45) is 0 Å². The average molecular weight is 485 g/mol. The Morgan fingerprint density at radius 2 is 1.69 bits per heavy atom. The zero-order chi connectivity index (χ0) is 24.7. The molecule has 3 heterocycles. The minimum Gasteiger partial charge on any atom is -0.506 e. The molecule has 7 nitrogen and oxygen atoms in total. The van der Waals surface area contributed by atoms with Crippen LogP contribution in [0.4, 0.5) is 5.69 Å². The van der Waals surface area contributed by atoms with Gasteiger partial charge in [0.05, 0.1) is 34.7 Å². The van der Waals surface area contributed by atoms with Crippen LogP contribution in [0.25, 0.3) is 5.69 Å². The van der Waals surface area contributed by atoms with Crippen molar-refractivity contribution < 1.29 is 15.0 Å². The lowest BCUT2D eigenvalue weighted by atomic mass is 9.96. The Labute approximate surface area is 208 Å². The second kappa shape index (κ2) is 8.88. The summed E-state index contributed by atoms with van der Waals surface area (Å²) in [5, 5.41) is 24.4. The standard InChI is InChI=1S/C27H24N4O3S/c1-16-15-19(17(2)30(16)21-11-4-3-9-18(21)26(33)34)25-24(20-10-7-8-14-28-20)29-27(35)31(25)22-12-5-6-13-23(22)32/h3-15,24-25,32H,1-2H3,(H,29,35)(H,33,34). The quantitative estimate of drug-likeness (QED) is 0.341. The molecule has 5 rings (SSSR count). The molecule has 1 aliphatic rings. The fraction of sp³-hybridized carbons (Fsp3) is 0.148. The number of hydrogen-bond donors (Lipinski definition) is 3. The maximum atomic E-state index is 12.0. The van der Waals surface area contributed by atoms with Gasteiger partial charge in [0.15, 0.2) is 5.11 Å². The molecule has 0 radical (unpaired) electrons. The third-order valence-corrected chi connectivity index (χ3v) is 6.72. The minimum atomic E-state index is -0.986. The molecule has 0 amide bonds. The van der Waals surface area contributed by atoms with Gasteiger partial charge >= 0.3 is 5.97 Å². The van der Waals surface area contributed by atoms with Gasteiger partial charge in [-0.05, 0) is 74.1 Å². The first-order chi connectivity index (χ1) is 16.9. The fourth-order valence-electron chi connectivity index (χ4n) is 4.91. The maximum absolute atomic E-state index is 12.0. The Hall–Kier alpha value is -4.17. The van der Waals surface area contributed by atoms with Crippen LogP contribution in [0.15, 0.2) is 79.0 Å². The molecule has 0 aliphatic carbocycles. The van der Waals surface area contributed by atoms with Crippen molar-refractivity contribution >= 4 is 29.0 Å². The van der Waals surface area contributed by atoms with E-state index < -0.39 is 5.97 Å². The van der Waals surface area contributed by atoms with E-state index in [9.17, 15) is 15.0 Å². The van der Waals surface area contributed by atoms with Crippen molar-refractivity contribution in [2.45, 2.75) is 25.9 Å². The third-order valence-electron chi connectivity index (χ3n) is 6.40. The van der Waals surface area contributed by atoms with Crippen LogP contribution in [0.5, 0.6) is 5.75 Å². The van der Waals surface area contributed by atoms with Gasteiger partial charge < -0.3 is 25.0 Å². The number of hydrogen-bond acceptors (Lipinski definition) is 4. The molecule has 2 aromatic heterocycles. The number of carbonyl (C=O) groups is 1. The predicted molar refractivity (Wildman–Crippen MR) is 138 cm³/mol. The number of nitrogens with one attached hydrogen (secondary N) is 1. The molecule has 0 saturated carbocycles. The summed E-state index contributed by atoms with van der Waals surface area (Å²) in [5.74, 6) is -0.867. The number of phenolic OH excluding ortho intramolecular Hbond substituents is 1. The third kappa shape index (κ3) is 3.81. The van der Waals surface area contributed by atoms with Crippen LogP contribution in [0.1, 0.15) is 45.1 Å². The summed E-state index contributed by atoms with van der Waals surface area (Å²) in [6.45, 7) is 3.93. The average Bonchev–Trinajstić information content (AvgIpc) is 3.35. The molecule has 0 bridgehead atoms. The number of rotatable bonds is 5. The fourth-order valence-corrected chi connectivity index (χ4v) is 5.24. The largest absolute Gasteiger partial charge is 0.506 e. The molecule has 3 N–H and O–H groups in total. The zero-order valence-corrected chi connectivity index (χ0v) is 20.0. The van der Waals surface area contributed by atoms with Gasteiger partial charge in [-0.1, -0.05) is 30.3 Å². The second-order valence-electron chi connectivity index (χ2n) is 8.47. The Bertz CT molecular complexity index is 1430. The van der Waals surface area contributed by atoms with Gasteiger partial charge in [-0.2, -0.15) is 0 Å². The second-order valence-corrected chi connectivity index (χ2v) is 8.86. The van der Waals surface area contributed by atoms with Gasteiger partial charge in [0.2, 0.25) is 0 Å². The molecule has 2 atom stereocenters. The summed E-state index contributed by atoms with van der Waals surface area (Å²) in [7, 11) is 0. The van der Waals surface area contributed by atoms with E-state index in [2.05, 4.69) is 16.4 Å². The monoisotopic (exact) mass is 484 g/mol. The molecule has 35 heavy (non-hydrogen) atoms. The Morgan fingerprint density at radius 3 is 2.37 bits per heavy atom. The van der Waals surface area contributed by atoms with Crippen LogP contribution < -0.4 is 10.2 Å². The molecule has 176 valence electrons. The number of aromatic hydroxyl groups is 1. The number of aromatic carboxylic acids is 1. The Morgan fingerprint density at radius 1 is 1.00 bits per heavy atom. The van der Waals surface area contributed by atoms with Gasteiger partial charge in [0.25, 0.3) is 0 Å². The lowest BCUT2D eigenvalue weighted by Crippen LogP contribution is -2.29. The van der Waals surface area contributed by atoms with Crippen LogP contribution in [0.2, 0.25) is 0 Å². The van der Waals surface area contributed by atoms with Crippen molar-refractivity contribution in [1.82, 2.24) is 14.9 Å². The van der Waals surface area contributed by atoms with Crippen LogP contribution in [0.3, 0.4) is 0 Å². The van der Waals surface area contributed by atoms with E-state index in [1.807, 2.05) is 65.8 Å². The van der Waals surface area contributed by atoms with Gasteiger partial charge in [-0.3, -0.25) is 4.98 Å². The summed E-state index contributed by atoms with van der Waals surface area (Å²) in [4.78, 5) is 18.4. The molecular formula is C27H24N4O3S. The highest BCUT2D eigenvalue weighted by Gasteiger charge is 2.43. The summed E-state index contributed by atoms with van der Waals surface area (Å²) in [5.41, 5.74) is 4.94. The summed E-state index contributed by atoms with van der Waals surface area (Å²) >= 11 is 5.76. The minimum absolute atomic E-state index is 0.119. The molecule has 4 aromatic rings. The number of aromatic nitrogens is 2. The lowest BCUT2D eigenvalue weighted by molar-refractivity contribution is 0.0697. The van der Waals surface area contributed by atoms with E-state index in [1.165, 1.54) is 0 Å². The van der Waals surface area contributed by atoms with E-state index >= 15 is 0 Å². The SMILES string of the molecule is Cc1cc(C2C(c3ccccn3)NC(=S)N2c2ccccc2O)c(C)n1-c1ccccc1C(=O)O. The first kappa shape index (κ1) is 22.6. The first-order valence-corrected chi connectivity index (χ1v) is 11.6. The first-order valence-electron chi connectivity index (χ1n) is 11.2. The Balaban J connectivity index is 1.72. The zero-order valence-electron chi connectivity index (χ0n) is 19.2. The van der Waals surface area contributed by atoms with E-state index in [1.54, 1.807) is 30.5 Å². The summed E-state index contributed by atoms with van der Waals surface area (Å²) < 4.78 is 1.96. The molecule has 1 aliphatic heterocycles. The summed E-state index contributed by atoms with van der Waals surface area (Å²) in [6, 6.07) is 21.2. The Kier molecular flexibility index (Phi) is 5.74. The van der Waals surface area contributed by atoms with E-state index in [0.29, 0.717) is 16.5 Å². The predicted octanol–water partition coefficient (Wildman–Crippen LogP) is 5.07. The number of phenols is 1. The molecule has 1 fully saturated rings. The number of benzene rings is 2. The topological polar surface area (TPSA) is 90.6 Å². The van der Waals surface area contributed by atoms with Gasteiger partial charge in [0.1, 0.15) is 5.75 Å². The smallest absolute Gasteiger partial charge is 0.337 e. The summed E-state index contributed by atoms with van der Waals surface area (Å²) in [6.07, 6.45) is 1.74. The van der Waals surface area contributed by atoms with Crippen LogP contribution >= 0.6 is 12.2 Å². The lowest BCUT2D eigenvalue weighted by Gasteiger charge is -2.28. The molecule has 1 saturated heterocycles. The van der Waals surface area contributed by atoms with Crippen LogP contribution in [-0.4, -0.2) is 30.8 Å². The van der Waals surface area contributed by atoms with Gasteiger partial charge in [-0.25, -0.2) is 4.79 Å². The highest BCUT2D eigenvalue weighted by Crippen LogP contribution is 2.45. The number of thiocarbonyl (C=S) groups is 1. The van der Waals surface area contributed by atoms with Crippen LogP contribution in [0, 0.1) is 13.8 Å². The maximum Gasteiger partial charge on any atom is 0.337 e. The van der Waals surface area contributed by atoms with Gasteiger partial charge in [0, 0.05) is 17.6 Å². The number of para-hydroxylation sites is 3. The molecule has 8 heteroatoms. The number of anilines is 1. The number of nitrogens with zero attached hydrogens (tertiary/aromatic N) is 3. The van der Waals surface area contributed by atoms with Crippen molar-refractivity contribution in [1.29, 1.82) is 0 Å². The van der Waals surface area contributed by atoms with Crippen molar-refractivity contribution in [3.8, 4) is 11.4 Å². The number of carboxylic acid groups (broad SMARTS) is 1.